The first-order valence-corrected chi connectivity index (χ1v) is 10.7. The summed E-state index contributed by atoms with van der Waals surface area (Å²) in [7, 11) is 1.73. The van der Waals surface area contributed by atoms with Crippen LogP contribution in [-0.2, 0) is 4.74 Å². The standard InChI is InChI=1S/C22H38O2/c1-4-16-6-8-20-19-7-5-15-13-22(23,14-24-3)12-10-17(15)18(19)9-11-21(16,20)2/h15-20,23H,4-14H2,1-3H3/t15-,16+,17+,18-,19-,20+,21-,22-/m1/s1. The maximum atomic E-state index is 10.8. The van der Waals surface area contributed by atoms with Crippen LogP contribution in [0.3, 0.4) is 0 Å². The minimum atomic E-state index is -0.535. The van der Waals surface area contributed by atoms with Crippen molar-refractivity contribution in [2.75, 3.05) is 13.7 Å². The normalized spacial score (nSPS) is 54.0. The van der Waals surface area contributed by atoms with Gasteiger partial charge in [-0.05, 0) is 98.7 Å². The maximum Gasteiger partial charge on any atom is 0.0882 e. The number of hydrogen-bond donors (Lipinski definition) is 1. The molecule has 1 N–H and O–H groups in total. The van der Waals surface area contributed by atoms with Gasteiger partial charge in [-0.25, -0.2) is 0 Å². The summed E-state index contributed by atoms with van der Waals surface area (Å²) >= 11 is 0. The van der Waals surface area contributed by atoms with Gasteiger partial charge >= 0.3 is 0 Å². The Morgan fingerprint density at radius 2 is 1.75 bits per heavy atom. The van der Waals surface area contributed by atoms with E-state index in [1.165, 1.54) is 51.4 Å². The minimum Gasteiger partial charge on any atom is -0.387 e. The lowest BCUT2D eigenvalue weighted by Gasteiger charge is -2.57. The molecule has 0 aromatic carbocycles. The van der Waals surface area contributed by atoms with Crippen molar-refractivity contribution < 1.29 is 9.84 Å². The third-order valence-electron chi connectivity index (χ3n) is 9.21. The first-order valence-electron chi connectivity index (χ1n) is 10.7. The van der Waals surface area contributed by atoms with E-state index in [-0.39, 0.29) is 0 Å². The molecule has 0 heterocycles. The predicted octanol–water partition coefficient (Wildman–Crippen LogP) is 5.04. The van der Waals surface area contributed by atoms with Crippen LogP contribution in [0.1, 0.15) is 78.1 Å². The van der Waals surface area contributed by atoms with Crippen LogP contribution in [0.4, 0.5) is 0 Å². The molecule has 0 bridgehead atoms. The monoisotopic (exact) mass is 334 g/mol. The van der Waals surface area contributed by atoms with Crippen molar-refractivity contribution in [3.8, 4) is 0 Å². The second kappa shape index (κ2) is 6.27. The summed E-state index contributed by atoms with van der Waals surface area (Å²) in [6.45, 7) is 5.58. The van der Waals surface area contributed by atoms with Crippen LogP contribution in [0.15, 0.2) is 0 Å². The lowest BCUT2D eigenvalue weighted by atomic mass is 9.49. The van der Waals surface area contributed by atoms with E-state index in [0.717, 1.165) is 48.3 Å². The highest BCUT2D eigenvalue weighted by Crippen LogP contribution is 2.65. The molecule has 2 heteroatoms. The Morgan fingerprint density at radius 3 is 2.50 bits per heavy atom. The van der Waals surface area contributed by atoms with E-state index in [2.05, 4.69) is 13.8 Å². The van der Waals surface area contributed by atoms with E-state index in [4.69, 9.17) is 4.74 Å². The largest absolute Gasteiger partial charge is 0.387 e. The van der Waals surface area contributed by atoms with Crippen LogP contribution in [-0.4, -0.2) is 24.4 Å². The van der Waals surface area contributed by atoms with Crippen LogP contribution in [0.2, 0.25) is 0 Å². The molecule has 4 fully saturated rings. The highest BCUT2D eigenvalue weighted by molar-refractivity contribution is 5.06. The summed E-state index contributed by atoms with van der Waals surface area (Å²) in [6.07, 6.45) is 13.3. The van der Waals surface area contributed by atoms with Crippen LogP contribution in [0.25, 0.3) is 0 Å². The van der Waals surface area contributed by atoms with Crippen molar-refractivity contribution in [3.63, 3.8) is 0 Å². The lowest BCUT2D eigenvalue weighted by Crippen LogP contribution is -2.51. The SMILES string of the molecule is CC[C@H]1CC[C@H]2[C@@H]3CC[C@@H]4C[C@@](O)(COC)CC[C@@H]4[C@H]3CC[C@]12C. The average molecular weight is 335 g/mol. The molecular weight excluding hydrogens is 296 g/mol. The van der Waals surface area contributed by atoms with Crippen molar-refractivity contribution in [2.24, 2.45) is 40.9 Å². The van der Waals surface area contributed by atoms with Crippen LogP contribution in [0.5, 0.6) is 0 Å². The topological polar surface area (TPSA) is 29.5 Å². The van der Waals surface area contributed by atoms with Crippen LogP contribution in [0, 0.1) is 40.9 Å². The highest BCUT2D eigenvalue weighted by Gasteiger charge is 2.57. The lowest BCUT2D eigenvalue weighted by molar-refractivity contribution is -0.124. The summed E-state index contributed by atoms with van der Waals surface area (Å²) < 4.78 is 5.31. The molecule has 0 unspecified atom stereocenters. The van der Waals surface area contributed by atoms with Gasteiger partial charge in [0.15, 0.2) is 0 Å². The van der Waals surface area contributed by atoms with E-state index in [9.17, 15) is 5.11 Å². The molecule has 8 atom stereocenters. The smallest absolute Gasteiger partial charge is 0.0882 e. The van der Waals surface area contributed by atoms with Gasteiger partial charge in [0.05, 0.1) is 12.2 Å². The number of aliphatic hydroxyl groups is 1. The van der Waals surface area contributed by atoms with Crippen molar-refractivity contribution in [3.05, 3.63) is 0 Å². The summed E-state index contributed by atoms with van der Waals surface area (Å²) in [5.41, 5.74) is 0.112. The van der Waals surface area contributed by atoms with E-state index in [1.807, 2.05) is 0 Å². The molecule has 4 aliphatic rings. The zero-order valence-corrected chi connectivity index (χ0v) is 16.1. The van der Waals surface area contributed by atoms with Gasteiger partial charge in [-0.1, -0.05) is 20.3 Å². The van der Waals surface area contributed by atoms with Gasteiger partial charge in [0.1, 0.15) is 0 Å². The second-order valence-electron chi connectivity index (χ2n) is 10.1. The number of rotatable bonds is 3. The molecule has 0 aromatic rings. The predicted molar refractivity (Wildman–Crippen MR) is 97.7 cm³/mol. The molecule has 138 valence electrons. The van der Waals surface area contributed by atoms with Gasteiger partial charge in [-0.3, -0.25) is 0 Å². The van der Waals surface area contributed by atoms with Gasteiger partial charge in [0.2, 0.25) is 0 Å². The van der Waals surface area contributed by atoms with E-state index in [1.54, 1.807) is 7.11 Å². The minimum absolute atomic E-state index is 0.531. The zero-order chi connectivity index (χ0) is 16.9. The Labute approximate surface area is 148 Å². The van der Waals surface area contributed by atoms with Gasteiger partial charge in [-0.2, -0.15) is 0 Å². The third kappa shape index (κ3) is 2.58. The van der Waals surface area contributed by atoms with E-state index in [0.29, 0.717) is 12.0 Å². The average Bonchev–Trinajstić information content (AvgIpc) is 2.90. The molecule has 0 aromatic heterocycles. The van der Waals surface area contributed by atoms with Crippen LogP contribution >= 0.6 is 0 Å². The molecule has 2 nitrogen and oxygen atoms in total. The molecule has 0 saturated heterocycles. The summed E-state index contributed by atoms with van der Waals surface area (Å²) in [5.74, 6) is 5.60. The fraction of sp³-hybridized carbons (Fsp3) is 1.00. The number of ether oxygens (including phenoxy) is 1. The number of fused-ring (bicyclic) bond motifs is 5. The van der Waals surface area contributed by atoms with Crippen molar-refractivity contribution >= 4 is 0 Å². The molecule has 0 aliphatic heterocycles. The molecule has 4 aliphatic carbocycles. The van der Waals surface area contributed by atoms with Gasteiger partial charge in [0, 0.05) is 7.11 Å². The Bertz CT molecular complexity index is 463. The Morgan fingerprint density at radius 1 is 0.958 bits per heavy atom. The van der Waals surface area contributed by atoms with E-state index >= 15 is 0 Å². The van der Waals surface area contributed by atoms with Crippen LogP contribution < -0.4 is 0 Å². The quantitative estimate of drug-likeness (QED) is 0.783. The first kappa shape index (κ1) is 17.3. The van der Waals surface area contributed by atoms with Crippen molar-refractivity contribution in [1.82, 2.24) is 0 Å². The summed E-state index contributed by atoms with van der Waals surface area (Å²) in [5, 5.41) is 10.8. The van der Waals surface area contributed by atoms with Crippen molar-refractivity contribution in [2.45, 2.75) is 83.7 Å². The highest BCUT2D eigenvalue weighted by atomic mass is 16.5. The molecule has 4 rings (SSSR count). The first-order chi connectivity index (χ1) is 11.5. The molecule has 0 amide bonds. The van der Waals surface area contributed by atoms with Gasteiger partial charge < -0.3 is 9.84 Å². The van der Waals surface area contributed by atoms with E-state index < -0.39 is 5.60 Å². The third-order valence-corrected chi connectivity index (χ3v) is 9.21. The summed E-state index contributed by atoms with van der Waals surface area (Å²) in [4.78, 5) is 0. The number of methoxy groups -OCH3 is 1. The van der Waals surface area contributed by atoms with Gasteiger partial charge in [-0.15, -0.1) is 0 Å². The maximum absolute atomic E-state index is 10.8. The Hall–Kier alpha value is -0.0800. The fourth-order valence-corrected chi connectivity index (χ4v) is 8.14. The molecular formula is C22H38O2. The second-order valence-corrected chi connectivity index (χ2v) is 10.1. The summed E-state index contributed by atoms with van der Waals surface area (Å²) in [6, 6.07) is 0. The molecule has 0 spiro atoms. The molecule has 24 heavy (non-hydrogen) atoms. The van der Waals surface area contributed by atoms with Crippen molar-refractivity contribution in [1.29, 1.82) is 0 Å². The van der Waals surface area contributed by atoms with Gasteiger partial charge in [0.25, 0.3) is 0 Å². The Kier molecular flexibility index (Phi) is 4.53. The Balaban J connectivity index is 1.50. The zero-order valence-electron chi connectivity index (χ0n) is 16.1. The molecule has 4 saturated carbocycles. The number of hydrogen-bond acceptors (Lipinski definition) is 2. The fourth-order valence-electron chi connectivity index (χ4n) is 8.14. The molecule has 0 radical (unpaired) electrons.